The number of hydrogen-bond donors (Lipinski definition) is 1. The molecule has 1 heterocycles. The first kappa shape index (κ1) is 20.9. The lowest BCUT2D eigenvalue weighted by molar-refractivity contribution is -0.136. The number of halogens is 3. The molecule has 0 bridgehead atoms. The van der Waals surface area contributed by atoms with E-state index in [4.69, 9.17) is 34.8 Å². The smallest absolute Gasteiger partial charge is 0.264 e. The number of ketones is 1. The number of carbonyl (C=O) groups excluding carboxylic acids is 2. The molecule has 4 nitrogen and oxygen atoms in total. The minimum absolute atomic E-state index is 0.157. The van der Waals surface area contributed by atoms with E-state index in [1.807, 2.05) is 6.07 Å². The number of anilines is 1. The number of Topliss-reactive ketones (excluding diaryl/α,β-unsaturated/α-hetero) is 1. The van der Waals surface area contributed by atoms with Crippen LogP contribution in [0.25, 0.3) is 0 Å². The predicted molar refractivity (Wildman–Crippen MR) is 118 cm³/mol. The SMILES string of the molecule is O=C(C[C@]1(O)C(=O)N(Cc2ccccc2Cl)c2ccc(Cl)cc21)c1ccc(Cl)cc1. The van der Waals surface area contributed by atoms with Crippen molar-refractivity contribution in [3.63, 3.8) is 0 Å². The van der Waals surface area contributed by atoms with Gasteiger partial charge in [-0.2, -0.15) is 0 Å². The zero-order valence-electron chi connectivity index (χ0n) is 15.6. The summed E-state index contributed by atoms with van der Waals surface area (Å²) in [5.74, 6) is -0.977. The third-order valence-corrected chi connectivity index (χ3v) is 6.02. The molecule has 7 heteroatoms. The van der Waals surface area contributed by atoms with Gasteiger partial charge in [0.2, 0.25) is 0 Å². The topological polar surface area (TPSA) is 57.6 Å². The van der Waals surface area contributed by atoms with Gasteiger partial charge in [0.15, 0.2) is 11.4 Å². The van der Waals surface area contributed by atoms with Crippen molar-refractivity contribution in [3.05, 3.63) is 98.5 Å². The Morgan fingerprint density at radius 1 is 0.933 bits per heavy atom. The molecule has 1 aliphatic rings. The molecule has 4 rings (SSSR count). The fourth-order valence-corrected chi connectivity index (χ4v) is 4.11. The summed E-state index contributed by atoms with van der Waals surface area (Å²) in [5, 5.41) is 12.8. The molecule has 3 aromatic carbocycles. The molecule has 0 unspecified atom stereocenters. The molecule has 30 heavy (non-hydrogen) atoms. The summed E-state index contributed by atoms with van der Waals surface area (Å²) in [7, 11) is 0. The molecule has 1 atom stereocenters. The Labute approximate surface area is 188 Å². The van der Waals surface area contributed by atoms with E-state index in [-0.39, 0.29) is 12.3 Å². The average Bonchev–Trinajstić information content (AvgIpc) is 2.91. The molecule has 3 aromatic rings. The van der Waals surface area contributed by atoms with E-state index in [9.17, 15) is 14.7 Å². The summed E-state index contributed by atoms with van der Waals surface area (Å²) in [6.07, 6.45) is -0.417. The lowest BCUT2D eigenvalue weighted by Gasteiger charge is -2.23. The van der Waals surface area contributed by atoms with Gasteiger partial charge in [-0.3, -0.25) is 9.59 Å². The van der Waals surface area contributed by atoms with Crippen molar-refractivity contribution in [2.24, 2.45) is 0 Å². The molecule has 152 valence electrons. The predicted octanol–water partition coefficient (Wildman–Crippen LogP) is 5.65. The summed E-state index contributed by atoms with van der Waals surface area (Å²) in [6.45, 7) is 0.157. The first-order valence-corrected chi connectivity index (χ1v) is 10.3. The van der Waals surface area contributed by atoms with Gasteiger partial charge in [-0.15, -0.1) is 0 Å². The van der Waals surface area contributed by atoms with Gasteiger partial charge in [-0.05, 0) is 54.1 Å². The fourth-order valence-electron chi connectivity index (χ4n) is 3.62. The van der Waals surface area contributed by atoms with Crippen molar-refractivity contribution in [3.8, 4) is 0 Å². The Kier molecular flexibility index (Phi) is 5.60. The summed E-state index contributed by atoms with van der Waals surface area (Å²) in [5.41, 5.74) is -0.154. The van der Waals surface area contributed by atoms with Crippen LogP contribution in [0.4, 0.5) is 5.69 Å². The number of fused-ring (bicyclic) bond motifs is 1. The van der Waals surface area contributed by atoms with Crippen LogP contribution in [0, 0.1) is 0 Å². The van der Waals surface area contributed by atoms with E-state index in [1.54, 1.807) is 54.6 Å². The molecule has 0 spiro atoms. The Morgan fingerprint density at radius 3 is 2.30 bits per heavy atom. The molecule has 1 amide bonds. The quantitative estimate of drug-likeness (QED) is 0.500. The van der Waals surface area contributed by atoms with Gasteiger partial charge in [0.05, 0.1) is 18.7 Å². The van der Waals surface area contributed by atoms with Gasteiger partial charge in [0.25, 0.3) is 5.91 Å². The molecule has 0 aromatic heterocycles. The highest BCUT2D eigenvalue weighted by Crippen LogP contribution is 2.45. The Morgan fingerprint density at radius 2 is 1.60 bits per heavy atom. The highest BCUT2D eigenvalue weighted by Gasteiger charge is 2.51. The lowest BCUT2D eigenvalue weighted by Crippen LogP contribution is -2.41. The van der Waals surface area contributed by atoms with Crippen molar-refractivity contribution >= 4 is 52.2 Å². The van der Waals surface area contributed by atoms with E-state index in [2.05, 4.69) is 0 Å². The van der Waals surface area contributed by atoms with Crippen molar-refractivity contribution in [2.45, 2.75) is 18.6 Å². The molecular weight excluding hydrogens is 445 g/mol. The standard InChI is InChI=1S/C23H16Cl3NO3/c24-16-7-5-14(6-8-16)21(28)12-23(30)18-11-17(25)9-10-20(18)27(22(23)29)13-15-3-1-2-4-19(15)26/h1-11,30H,12-13H2/t23-/m1/s1. The number of aliphatic hydroxyl groups is 1. The van der Waals surface area contributed by atoms with Crippen molar-refractivity contribution in [1.29, 1.82) is 0 Å². The first-order chi connectivity index (χ1) is 14.3. The van der Waals surface area contributed by atoms with Crippen LogP contribution in [0.2, 0.25) is 15.1 Å². The van der Waals surface area contributed by atoms with Crippen LogP contribution in [0.5, 0.6) is 0 Å². The number of amides is 1. The molecule has 1 N–H and O–H groups in total. The highest BCUT2D eigenvalue weighted by atomic mass is 35.5. The third kappa shape index (κ3) is 3.72. The third-order valence-electron chi connectivity index (χ3n) is 5.16. The summed E-state index contributed by atoms with van der Waals surface area (Å²) < 4.78 is 0. The zero-order chi connectivity index (χ0) is 21.5. The lowest BCUT2D eigenvalue weighted by atomic mass is 9.88. The number of hydrogen-bond acceptors (Lipinski definition) is 3. The maximum atomic E-state index is 13.3. The van der Waals surface area contributed by atoms with Crippen LogP contribution in [0.3, 0.4) is 0 Å². The highest BCUT2D eigenvalue weighted by molar-refractivity contribution is 6.32. The van der Waals surface area contributed by atoms with Crippen molar-refractivity contribution in [2.75, 3.05) is 4.90 Å². The van der Waals surface area contributed by atoms with Gasteiger partial charge in [0, 0.05) is 26.2 Å². The van der Waals surface area contributed by atoms with E-state index < -0.39 is 17.9 Å². The van der Waals surface area contributed by atoms with Gasteiger partial charge in [-0.1, -0.05) is 53.0 Å². The maximum Gasteiger partial charge on any atom is 0.264 e. The molecule has 1 aliphatic heterocycles. The van der Waals surface area contributed by atoms with E-state index in [0.717, 1.165) is 5.56 Å². The van der Waals surface area contributed by atoms with Gasteiger partial charge >= 0.3 is 0 Å². The van der Waals surface area contributed by atoms with Crippen LogP contribution < -0.4 is 4.90 Å². The fraction of sp³-hybridized carbons (Fsp3) is 0.130. The molecule has 0 fully saturated rings. The van der Waals surface area contributed by atoms with Crippen molar-refractivity contribution in [1.82, 2.24) is 0 Å². The normalized spacial score (nSPS) is 17.9. The number of carbonyl (C=O) groups is 2. The van der Waals surface area contributed by atoms with Crippen molar-refractivity contribution < 1.29 is 14.7 Å². The zero-order valence-corrected chi connectivity index (χ0v) is 17.9. The Hall–Kier alpha value is -2.37. The minimum Gasteiger partial charge on any atom is -0.375 e. The molecule has 0 saturated heterocycles. The van der Waals surface area contributed by atoms with Gasteiger partial charge in [-0.25, -0.2) is 0 Å². The van der Waals surface area contributed by atoms with Crippen LogP contribution >= 0.6 is 34.8 Å². The van der Waals surface area contributed by atoms with Gasteiger partial charge in [0.1, 0.15) is 0 Å². The number of rotatable bonds is 5. The summed E-state index contributed by atoms with van der Waals surface area (Å²) in [4.78, 5) is 27.6. The second-order valence-electron chi connectivity index (χ2n) is 7.11. The largest absolute Gasteiger partial charge is 0.375 e. The van der Waals surface area contributed by atoms with Crippen LogP contribution in [0.15, 0.2) is 66.7 Å². The average molecular weight is 461 g/mol. The minimum atomic E-state index is -2.03. The first-order valence-electron chi connectivity index (χ1n) is 9.16. The summed E-state index contributed by atoms with van der Waals surface area (Å²) in [6, 6.07) is 18.3. The van der Waals surface area contributed by atoms with E-state index in [0.29, 0.717) is 31.9 Å². The van der Waals surface area contributed by atoms with Crippen LogP contribution in [0.1, 0.15) is 27.9 Å². The Balaban J connectivity index is 1.72. The number of benzene rings is 3. The maximum absolute atomic E-state index is 13.3. The summed E-state index contributed by atoms with van der Waals surface area (Å²) >= 11 is 18.3. The monoisotopic (exact) mass is 459 g/mol. The molecule has 0 saturated carbocycles. The Bertz CT molecular complexity index is 1150. The second kappa shape index (κ2) is 8.05. The number of nitrogens with zero attached hydrogens (tertiary/aromatic N) is 1. The second-order valence-corrected chi connectivity index (χ2v) is 8.39. The van der Waals surface area contributed by atoms with E-state index in [1.165, 1.54) is 11.0 Å². The molecular formula is C23H16Cl3NO3. The molecule has 0 aliphatic carbocycles. The van der Waals surface area contributed by atoms with E-state index >= 15 is 0 Å². The van der Waals surface area contributed by atoms with Crippen LogP contribution in [-0.2, 0) is 16.9 Å². The molecule has 0 radical (unpaired) electrons. The van der Waals surface area contributed by atoms with Gasteiger partial charge < -0.3 is 10.0 Å². The van der Waals surface area contributed by atoms with Crippen LogP contribution in [-0.4, -0.2) is 16.8 Å².